The third-order valence-corrected chi connectivity index (χ3v) is 4.75. The molecule has 0 radical (unpaired) electrons. The van der Waals surface area contributed by atoms with E-state index in [0.717, 1.165) is 30.8 Å². The summed E-state index contributed by atoms with van der Waals surface area (Å²) in [6, 6.07) is 28.2. The molecule has 4 rings (SSSR count). The number of hydrogen-bond acceptors (Lipinski definition) is 4. The highest BCUT2D eigenvalue weighted by Crippen LogP contribution is 2.28. The second-order valence-corrected chi connectivity index (χ2v) is 6.63. The molecule has 136 valence electrons. The van der Waals surface area contributed by atoms with Crippen LogP contribution in [-0.2, 0) is 11.3 Å². The van der Waals surface area contributed by atoms with Gasteiger partial charge in [0.05, 0.1) is 37.2 Å². The fourth-order valence-electron chi connectivity index (χ4n) is 3.35. The SMILES string of the molecule is O=Cc1ccc(N2CC(OCc3ccccc3)CN2c2ccccc2)cc1. The van der Waals surface area contributed by atoms with Crippen LogP contribution < -0.4 is 10.0 Å². The summed E-state index contributed by atoms with van der Waals surface area (Å²) < 4.78 is 6.20. The fourth-order valence-corrected chi connectivity index (χ4v) is 3.35. The van der Waals surface area contributed by atoms with Crippen molar-refractivity contribution in [3.63, 3.8) is 0 Å². The molecule has 1 atom stereocenters. The Morgan fingerprint density at radius 1 is 0.778 bits per heavy atom. The van der Waals surface area contributed by atoms with E-state index in [-0.39, 0.29) is 6.10 Å². The van der Waals surface area contributed by atoms with Gasteiger partial charge in [-0.2, -0.15) is 0 Å². The van der Waals surface area contributed by atoms with Crippen LogP contribution in [0.2, 0.25) is 0 Å². The topological polar surface area (TPSA) is 32.8 Å². The van der Waals surface area contributed by atoms with Gasteiger partial charge in [0.2, 0.25) is 0 Å². The molecule has 1 aliphatic heterocycles. The largest absolute Gasteiger partial charge is 0.370 e. The number of hydrazine groups is 1. The Kier molecular flexibility index (Phi) is 5.17. The quantitative estimate of drug-likeness (QED) is 0.614. The third kappa shape index (κ3) is 4.01. The van der Waals surface area contributed by atoms with Gasteiger partial charge in [-0.25, -0.2) is 0 Å². The minimum absolute atomic E-state index is 0.0937. The summed E-state index contributed by atoms with van der Waals surface area (Å²) in [5.74, 6) is 0. The van der Waals surface area contributed by atoms with Gasteiger partial charge in [0.25, 0.3) is 0 Å². The lowest BCUT2D eigenvalue weighted by molar-refractivity contribution is 0.0634. The Hall–Kier alpha value is -3.11. The molecule has 0 aromatic heterocycles. The van der Waals surface area contributed by atoms with Crippen molar-refractivity contribution in [1.29, 1.82) is 0 Å². The lowest BCUT2D eigenvalue weighted by Crippen LogP contribution is -2.36. The molecule has 1 heterocycles. The van der Waals surface area contributed by atoms with Crippen LogP contribution in [0.3, 0.4) is 0 Å². The van der Waals surface area contributed by atoms with Crippen molar-refractivity contribution < 1.29 is 9.53 Å². The van der Waals surface area contributed by atoms with E-state index in [1.807, 2.05) is 60.7 Å². The molecule has 0 amide bonds. The van der Waals surface area contributed by atoms with Crippen LogP contribution in [0, 0.1) is 0 Å². The summed E-state index contributed by atoms with van der Waals surface area (Å²) in [7, 11) is 0. The van der Waals surface area contributed by atoms with Gasteiger partial charge in [-0.15, -0.1) is 0 Å². The first kappa shape index (κ1) is 17.3. The van der Waals surface area contributed by atoms with Gasteiger partial charge in [-0.1, -0.05) is 48.5 Å². The molecule has 0 bridgehead atoms. The molecule has 3 aromatic rings. The zero-order chi connectivity index (χ0) is 18.5. The van der Waals surface area contributed by atoms with Gasteiger partial charge < -0.3 is 4.74 Å². The van der Waals surface area contributed by atoms with Gasteiger partial charge in [-0.3, -0.25) is 14.8 Å². The van der Waals surface area contributed by atoms with E-state index in [0.29, 0.717) is 12.2 Å². The zero-order valence-electron chi connectivity index (χ0n) is 15.1. The Balaban J connectivity index is 1.54. The van der Waals surface area contributed by atoms with E-state index in [2.05, 4.69) is 34.3 Å². The van der Waals surface area contributed by atoms with Crippen molar-refractivity contribution in [3.8, 4) is 0 Å². The Morgan fingerprint density at radius 2 is 1.33 bits per heavy atom. The Labute approximate surface area is 159 Å². The maximum absolute atomic E-state index is 11.0. The molecular formula is C23H22N2O2. The molecule has 0 spiro atoms. The summed E-state index contributed by atoms with van der Waals surface area (Å²) in [4.78, 5) is 11.0. The van der Waals surface area contributed by atoms with Crippen molar-refractivity contribution >= 4 is 17.7 Å². The van der Waals surface area contributed by atoms with E-state index in [1.54, 1.807) is 0 Å². The lowest BCUT2D eigenvalue weighted by atomic mass is 10.2. The van der Waals surface area contributed by atoms with E-state index in [1.165, 1.54) is 5.56 Å². The van der Waals surface area contributed by atoms with Crippen molar-refractivity contribution in [3.05, 3.63) is 96.1 Å². The number of anilines is 2. The second-order valence-electron chi connectivity index (χ2n) is 6.63. The van der Waals surface area contributed by atoms with Gasteiger partial charge in [0.1, 0.15) is 6.29 Å². The number of aldehydes is 1. The molecule has 1 saturated heterocycles. The Morgan fingerprint density at radius 3 is 1.93 bits per heavy atom. The molecule has 27 heavy (non-hydrogen) atoms. The molecular weight excluding hydrogens is 336 g/mol. The minimum atomic E-state index is 0.0937. The predicted octanol–water partition coefficient (Wildman–Crippen LogP) is 4.33. The number of hydrogen-bond donors (Lipinski definition) is 0. The molecule has 4 nitrogen and oxygen atoms in total. The molecule has 0 aliphatic carbocycles. The van der Waals surface area contributed by atoms with Crippen LogP contribution in [0.5, 0.6) is 0 Å². The maximum Gasteiger partial charge on any atom is 0.150 e. The fraction of sp³-hybridized carbons (Fsp3) is 0.174. The highest BCUT2D eigenvalue weighted by Gasteiger charge is 2.31. The first-order valence-corrected chi connectivity index (χ1v) is 9.14. The van der Waals surface area contributed by atoms with Crippen LogP contribution in [0.4, 0.5) is 11.4 Å². The summed E-state index contributed by atoms with van der Waals surface area (Å²) in [5, 5.41) is 4.46. The normalized spacial score (nSPS) is 16.5. The van der Waals surface area contributed by atoms with Crippen LogP contribution in [0.15, 0.2) is 84.9 Å². The number of carbonyl (C=O) groups is 1. The van der Waals surface area contributed by atoms with E-state index < -0.39 is 0 Å². The van der Waals surface area contributed by atoms with Crippen molar-refractivity contribution in [2.75, 3.05) is 23.1 Å². The number of para-hydroxylation sites is 1. The maximum atomic E-state index is 11.0. The van der Waals surface area contributed by atoms with Gasteiger partial charge >= 0.3 is 0 Å². The van der Waals surface area contributed by atoms with Crippen LogP contribution in [0.1, 0.15) is 15.9 Å². The number of benzene rings is 3. The van der Waals surface area contributed by atoms with Crippen LogP contribution >= 0.6 is 0 Å². The average Bonchev–Trinajstić information content (AvgIpc) is 3.18. The van der Waals surface area contributed by atoms with Crippen LogP contribution in [0.25, 0.3) is 0 Å². The summed E-state index contributed by atoms with van der Waals surface area (Å²) in [6.45, 7) is 2.15. The second kappa shape index (κ2) is 8.06. The smallest absolute Gasteiger partial charge is 0.150 e. The minimum Gasteiger partial charge on any atom is -0.370 e. The molecule has 3 aromatic carbocycles. The number of rotatable bonds is 6. The van der Waals surface area contributed by atoms with Gasteiger partial charge in [-0.05, 0) is 42.0 Å². The molecule has 1 fully saturated rings. The highest BCUT2D eigenvalue weighted by molar-refractivity contribution is 5.76. The monoisotopic (exact) mass is 358 g/mol. The molecule has 0 saturated carbocycles. The molecule has 0 N–H and O–H groups in total. The average molecular weight is 358 g/mol. The molecule has 1 aliphatic rings. The third-order valence-electron chi connectivity index (χ3n) is 4.75. The van der Waals surface area contributed by atoms with Crippen molar-refractivity contribution in [1.82, 2.24) is 0 Å². The van der Waals surface area contributed by atoms with E-state index in [4.69, 9.17) is 4.74 Å². The summed E-state index contributed by atoms with van der Waals surface area (Å²) in [5.41, 5.74) is 4.04. The number of carbonyl (C=O) groups excluding carboxylic acids is 1. The number of ether oxygens (including phenoxy) is 1. The zero-order valence-corrected chi connectivity index (χ0v) is 15.1. The first-order valence-electron chi connectivity index (χ1n) is 9.14. The van der Waals surface area contributed by atoms with Gasteiger partial charge in [0.15, 0.2) is 0 Å². The Bertz CT molecular complexity index is 866. The molecule has 4 heteroatoms. The first-order chi connectivity index (χ1) is 13.3. The van der Waals surface area contributed by atoms with Crippen LogP contribution in [-0.4, -0.2) is 25.5 Å². The van der Waals surface area contributed by atoms with Crippen molar-refractivity contribution in [2.24, 2.45) is 0 Å². The van der Waals surface area contributed by atoms with E-state index >= 15 is 0 Å². The molecule has 1 unspecified atom stereocenters. The number of nitrogens with zero attached hydrogens (tertiary/aromatic N) is 2. The summed E-state index contributed by atoms with van der Waals surface area (Å²) in [6.07, 6.45) is 0.963. The predicted molar refractivity (Wildman–Crippen MR) is 108 cm³/mol. The standard InChI is InChI=1S/C23H22N2O2/c26-17-19-11-13-22(14-12-19)25-16-23(27-18-20-7-3-1-4-8-20)15-24(25)21-9-5-2-6-10-21/h1-14,17,23H,15-16,18H2. The lowest BCUT2D eigenvalue weighted by Gasteiger charge is -2.31. The van der Waals surface area contributed by atoms with E-state index in [9.17, 15) is 4.79 Å². The summed E-state index contributed by atoms with van der Waals surface area (Å²) >= 11 is 0. The van der Waals surface area contributed by atoms with Crippen molar-refractivity contribution in [2.45, 2.75) is 12.7 Å². The van der Waals surface area contributed by atoms with Gasteiger partial charge in [0, 0.05) is 5.56 Å². The highest BCUT2D eigenvalue weighted by atomic mass is 16.5.